The van der Waals surface area contributed by atoms with Crippen molar-refractivity contribution in [2.24, 2.45) is 11.8 Å². The molecule has 0 aromatic heterocycles. The predicted octanol–water partition coefficient (Wildman–Crippen LogP) is 4.04. The Balaban J connectivity index is 1.84. The molecule has 0 spiro atoms. The van der Waals surface area contributed by atoms with Gasteiger partial charge in [0, 0.05) is 24.3 Å². The third-order valence-corrected chi connectivity index (χ3v) is 4.97. The van der Waals surface area contributed by atoms with E-state index >= 15 is 0 Å². The van der Waals surface area contributed by atoms with Crippen molar-refractivity contribution in [2.75, 3.05) is 18.0 Å². The Morgan fingerprint density at radius 3 is 2.70 bits per heavy atom. The number of Topliss-reactive ketones (excluding diaryl/α,β-unsaturated/α-hetero) is 1. The zero-order valence-corrected chi connectivity index (χ0v) is 12.1. The lowest BCUT2D eigenvalue weighted by Crippen LogP contribution is -2.42. The van der Waals surface area contributed by atoms with E-state index in [0.717, 1.165) is 30.6 Å². The number of hydrogen-bond donors (Lipinski definition) is 0. The molecule has 0 N–H and O–H groups in total. The molecule has 1 heterocycles. The Hall–Kier alpha value is -1.38. The number of fused-ring (bicyclic) bond motifs is 1. The van der Waals surface area contributed by atoms with E-state index in [2.05, 4.69) is 4.90 Å². The monoisotopic (exact) mass is 275 g/mol. The number of hydrogen-bond acceptors (Lipinski definition) is 2. The molecular weight excluding hydrogens is 253 g/mol. The number of rotatable bonds is 2. The highest BCUT2D eigenvalue weighted by atomic mass is 19.1. The molecular formula is C17H22FNO. The second-order valence-electron chi connectivity index (χ2n) is 6.26. The molecule has 1 saturated heterocycles. The first-order chi connectivity index (χ1) is 9.65. The lowest BCUT2D eigenvalue weighted by atomic mass is 9.75. The molecule has 0 radical (unpaired) electrons. The van der Waals surface area contributed by atoms with Gasteiger partial charge in [-0.1, -0.05) is 19.3 Å². The van der Waals surface area contributed by atoms with Crippen LogP contribution in [0.3, 0.4) is 0 Å². The molecule has 108 valence electrons. The maximum Gasteiger partial charge on any atom is 0.161 e. The highest BCUT2D eigenvalue weighted by Gasteiger charge is 2.32. The summed E-state index contributed by atoms with van der Waals surface area (Å²) >= 11 is 0. The van der Waals surface area contributed by atoms with Gasteiger partial charge < -0.3 is 4.90 Å². The fourth-order valence-electron chi connectivity index (χ4n) is 3.89. The van der Waals surface area contributed by atoms with Crippen molar-refractivity contribution in [1.82, 2.24) is 0 Å². The van der Waals surface area contributed by atoms with Crippen molar-refractivity contribution < 1.29 is 9.18 Å². The first-order valence-electron chi connectivity index (χ1n) is 7.70. The van der Waals surface area contributed by atoms with Crippen molar-refractivity contribution in [3.05, 3.63) is 29.6 Å². The molecule has 0 bridgehead atoms. The van der Waals surface area contributed by atoms with Gasteiger partial charge in [-0.3, -0.25) is 4.79 Å². The number of nitrogens with zero attached hydrogens (tertiary/aromatic N) is 1. The normalized spacial score (nSPS) is 26.2. The molecule has 2 nitrogen and oxygen atoms in total. The number of carbonyl (C=O) groups excluding carboxylic acids is 1. The molecule has 1 aromatic rings. The van der Waals surface area contributed by atoms with Crippen LogP contribution < -0.4 is 4.90 Å². The Morgan fingerprint density at radius 1 is 1.20 bits per heavy atom. The SMILES string of the molecule is CC(=O)c1cc(F)ccc1N1CCC2CCCCC2C1. The standard InChI is InChI=1S/C17H22FNO/c1-12(20)16-10-15(18)6-7-17(16)19-9-8-13-4-2-3-5-14(13)11-19/h6-7,10,13-14H,2-5,8-9,11H2,1H3. The van der Waals surface area contributed by atoms with E-state index in [1.54, 1.807) is 6.07 Å². The molecule has 3 rings (SSSR count). The summed E-state index contributed by atoms with van der Waals surface area (Å²) in [6, 6.07) is 4.62. The molecule has 2 fully saturated rings. The van der Waals surface area contributed by atoms with Gasteiger partial charge in [0.25, 0.3) is 0 Å². The third-order valence-electron chi connectivity index (χ3n) is 4.97. The molecule has 1 aliphatic carbocycles. The Labute approximate surface area is 120 Å². The fraction of sp³-hybridized carbons (Fsp3) is 0.588. The van der Waals surface area contributed by atoms with Gasteiger partial charge in [0.1, 0.15) is 5.82 Å². The van der Waals surface area contributed by atoms with Crippen LogP contribution >= 0.6 is 0 Å². The molecule has 2 atom stereocenters. The van der Waals surface area contributed by atoms with Gasteiger partial charge in [-0.15, -0.1) is 0 Å². The number of benzene rings is 1. The Kier molecular flexibility index (Phi) is 3.77. The van der Waals surface area contributed by atoms with Gasteiger partial charge in [-0.25, -0.2) is 4.39 Å². The molecule has 1 aromatic carbocycles. The molecule has 20 heavy (non-hydrogen) atoms. The van der Waals surface area contributed by atoms with Crippen LogP contribution in [0.15, 0.2) is 18.2 Å². The van der Waals surface area contributed by atoms with E-state index in [9.17, 15) is 9.18 Å². The lowest BCUT2D eigenvalue weighted by molar-refractivity contribution is 0.101. The van der Waals surface area contributed by atoms with Crippen molar-refractivity contribution in [3.63, 3.8) is 0 Å². The Morgan fingerprint density at radius 2 is 1.95 bits per heavy atom. The lowest BCUT2D eigenvalue weighted by Gasteiger charge is -2.42. The predicted molar refractivity (Wildman–Crippen MR) is 78.7 cm³/mol. The van der Waals surface area contributed by atoms with E-state index in [4.69, 9.17) is 0 Å². The summed E-state index contributed by atoms with van der Waals surface area (Å²) in [6.45, 7) is 3.54. The van der Waals surface area contributed by atoms with Crippen molar-refractivity contribution in [2.45, 2.75) is 39.0 Å². The average molecular weight is 275 g/mol. The minimum Gasteiger partial charge on any atom is -0.371 e. The zero-order valence-electron chi connectivity index (χ0n) is 12.1. The van der Waals surface area contributed by atoms with E-state index < -0.39 is 0 Å². The highest BCUT2D eigenvalue weighted by molar-refractivity contribution is 5.99. The first-order valence-corrected chi connectivity index (χ1v) is 7.70. The van der Waals surface area contributed by atoms with Crippen LogP contribution in [0.2, 0.25) is 0 Å². The van der Waals surface area contributed by atoms with Crippen molar-refractivity contribution in [3.8, 4) is 0 Å². The summed E-state index contributed by atoms with van der Waals surface area (Å²) in [7, 11) is 0. The van der Waals surface area contributed by atoms with Gasteiger partial charge in [0.15, 0.2) is 5.78 Å². The topological polar surface area (TPSA) is 20.3 Å². The zero-order chi connectivity index (χ0) is 14.1. The quantitative estimate of drug-likeness (QED) is 0.759. The summed E-state index contributed by atoms with van der Waals surface area (Å²) in [4.78, 5) is 14.0. The number of carbonyl (C=O) groups is 1. The van der Waals surface area contributed by atoms with Crippen LogP contribution in [0.25, 0.3) is 0 Å². The van der Waals surface area contributed by atoms with Gasteiger partial charge >= 0.3 is 0 Å². The first kappa shape index (κ1) is 13.6. The van der Waals surface area contributed by atoms with E-state index in [-0.39, 0.29) is 11.6 Å². The van der Waals surface area contributed by atoms with Gasteiger partial charge in [0.05, 0.1) is 0 Å². The summed E-state index contributed by atoms with van der Waals surface area (Å²) in [6.07, 6.45) is 6.58. The van der Waals surface area contributed by atoms with Crippen molar-refractivity contribution in [1.29, 1.82) is 0 Å². The van der Waals surface area contributed by atoms with E-state index in [0.29, 0.717) is 5.56 Å². The molecule has 3 heteroatoms. The fourth-order valence-corrected chi connectivity index (χ4v) is 3.89. The summed E-state index contributed by atoms with van der Waals surface area (Å²) in [5, 5.41) is 0. The molecule has 2 unspecified atom stereocenters. The maximum absolute atomic E-state index is 13.4. The van der Waals surface area contributed by atoms with Gasteiger partial charge in [0.2, 0.25) is 0 Å². The highest BCUT2D eigenvalue weighted by Crippen LogP contribution is 2.38. The van der Waals surface area contributed by atoms with Crippen molar-refractivity contribution >= 4 is 11.5 Å². The summed E-state index contributed by atoms with van der Waals surface area (Å²) in [5.74, 6) is 1.24. The van der Waals surface area contributed by atoms with E-state index in [1.807, 2.05) is 0 Å². The van der Waals surface area contributed by atoms with Gasteiger partial charge in [-0.2, -0.15) is 0 Å². The third kappa shape index (κ3) is 2.58. The molecule has 0 amide bonds. The average Bonchev–Trinajstić information content (AvgIpc) is 2.46. The smallest absolute Gasteiger partial charge is 0.161 e. The number of ketones is 1. The summed E-state index contributed by atoms with van der Waals surface area (Å²) < 4.78 is 13.4. The molecule has 1 saturated carbocycles. The van der Waals surface area contributed by atoms with Crippen LogP contribution in [0.1, 0.15) is 49.4 Å². The van der Waals surface area contributed by atoms with E-state index in [1.165, 1.54) is 51.2 Å². The largest absolute Gasteiger partial charge is 0.371 e. The number of anilines is 1. The maximum atomic E-state index is 13.4. The van der Waals surface area contributed by atoms with Crippen LogP contribution in [0.4, 0.5) is 10.1 Å². The second-order valence-corrected chi connectivity index (χ2v) is 6.26. The van der Waals surface area contributed by atoms with Crippen LogP contribution in [-0.4, -0.2) is 18.9 Å². The minimum absolute atomic E-state index is 0.0507. The van der Waals surface area contributed by atoms with Crippen LogP contribution in [0.5, 0.6) is 0 Å². The number of piperidine rings is 1. The second kappa shape index (κ2) is 5.55. The van der Waals surface area contributed by atoms with Crippen LogP contribution in [0, 0.1) is 17.7 Å². The minimum atomic E-state index is -0.327. The molecule has 1 aliphatic heterocycles. The Bertz CT molecular complexity index is 514. The summed E-state index contributed by atoms with van der Waals surface area (Å²) in [5.41, 5.74) is 1.45. The van der Waals surface area contributed by atoms with Gasteiger partial charge in [-0.05, 0) is 49.8 Å². The molecule has 2 aliphatic rings. The number of halogens is 1. The van der Waals surface area contributed by atoms with Crippen LogP contribution in [-0.2, 0) is 0 Å².